The Morgan fingerprint density at radius 1 is 1.04 bits per heavy atom. The predicted octanol–water partition coefficient (Wildman–Crippen LogP) is 3.91. The molecule has 1 aliphatic carbocycles. The smallest absolute Gasteiger partial charge is 0.251 e. The number of imide groups is 1. The first-order valence-corrected chi connectivity index (χ1v) is 10.3. The molecule has 2 aromatic carbocycles. The van der Waals surface area contributed by atoms with E-state index in [0.717, 1.165) is 34.9 Å². The van der Waals surface area contributed by atoms with Gasteiger partial charge in [-0.05, 0) is 54.7 Å². The van der Waals surface area contributed by atoms with E-state index < -0.39 is 0 Å². The van der Waals surface area contributed by atoms with Crippen molar-refractivity contribution in [2.75, 3.05) is 0 Å². The minimum atomic E-state index is -0.312. The maximum atomic E-state index is 12.8. The van der Waals surface area contributed by atoms with Crippen LogP contribution in [-0.4, -0.2) is 22.6 Å². The normalized spacial score (nSPS) is 18.1. The second-order valence-electron chi connectivity index (χ2n) is 7.47. The Bertz CT molecular complexity index is 919. The van der Waals surface area contributed by atoms with Gasteiger partial charge in [0, 0.05) is 22.9 Å². The van der Waals surface area contributed by atoms with Crippen LogP contribution >= 0.6 is 15.9 Å². The Labute approximate surface area is 172 Å². The molecule has 1 N–H and O–H groups in total. The molecule has 2 fully saturated rings. The topological polar surface area (TPSA) is 66.5 Å². The van der Waals surface area contributed by atoms with Gasteiger partial charge < -0.3 is 5.32 Å². The van der Waals surface area contributed by atoms with Gasteiger partial charge in [-0.25, -0.2) is 0 Å². The quantitative estimate of drug-likeness (QED) is 0.716. The van der Waals surface area contributed by atoms with E-state index >= 15 is 0 Å². The Kier molecular flexibility index (Phi) is 5.06. The Morgan fingerprint density at radius 2 is 1.71 bits per heavy atom. The minimum Gasteiger partial charge on any atom is -0.343 e. The monoisotopic (exact) mass is 440 g/mol. The van der Waals surface area contributed by atoms with Crippen molar-refractivity contribution in [3.63, 3.8) is 0 Å². The highest BCUT2D eigenvalue weighted by Gasteiger charge is 2.40. The molecule has 1 saturated carbocycles. The van der Waals surface area contributed by atoms with Gasteiger partial charge in [0.2, 0.25) is 11.8 Å². The number of hydrogen-bond donors (Lipinski definition) is 1. The molecule has 6 heteroatoms. The molecule has 1 aliphatic heterocycles. The Morgan fingerprint density at radius 3 is 2.29 bits per heavy atom. The lowest BCUT2D eigenvalue weighted by atomic mass is 9.71. The summed E-state index contributed by atoms with van der Waals surface area (Å²) < 4.78 is 1.00. The number of carbonyl (C=O) groups is 3. The maximum absolute atomic E-state index is 12.8. The van der Waals surface area contributed by atoms with Gasteiger partial charge in [0.05, 0.1) is 12.1 Å². The second kappa shape index (κ2) is 7.51. The number of carbonyl (C=O) groups excluding carboxylic acids is 3. The van der Waals surface area contributed by atoms with Gasteiger partial charge in [0.25, 0.3) is 5.91 Å². The van der Waals surface area contributed by atoms with Crippen LogP contribution in [0.15, 0.2) is 53.0 Å². The lowest BCUT2D eigenvalue weighted by Gasteiger charge is -2.43. The summed E-state index contributed by atoms with van der Waals surface area (Å²) in [6.07, 6.45) is 3.51. The molecule has 0 unspecified atom stereocenters. The summed E-state index contributed by atoms with van der Waals surface area (Å²) in [6, 6.07) is 15.2. The summed E-state index contributed by atoms with van der Waals surface area (Å²) in [5.74, 6) is -0.375. The largest absolute Gasteiger partial charge is 0.343 e. The van der Waals surface area contributed by atoms with Crippen LogP contribution in [0.5, 0.6) is 0 Å². The lowest BCUT2D eigenvalue weighted by molar-refractivity contribution is -0.139. The molecule has 1 saturated heterocycles. The second-order valence-corrected chi connectivity index (χ2v) is 8.39. The minimum absolute atomic E-state index is 0.112. The van der Waals surface area contributed by atoms with Gasteiger partial charge in [-0.15, -0.1) is 0 Å². The van der Waals surface area contributed by atoms with Gasteiger partial charge in [-0.1, -0.05) is 40.2 Å². The fraction of sp³-hybridized carbons (Fsp3) is 0.318. The molecule has 1 heterocycles. The third-order valence-corrected chi connectivity index (χ3v) is 6.14. The third-order valence-electron chi connectivity index (χ3n) is 5.65. The molecule has 0 atom stereocenters. The first kappa shape index (κ1) is 18.9. The van der Waals surface area contributed by atoms with Gasteiger partial charge >= 0.3 is 0 Å². The molecule has 0 aromatic heterocycles. The van der Waals surface area contributed by atoms with Crippen molar-refractivity contribution in [3.05, 3.63) is 69.7 Å². The summed E-state index contributed by atoms with van der Waals surface area (Å²) in [7, 11) is 0. The number of halogens is 1. The maximum Gasteiger partial charge on any atom is 0.251 e. The zero-order valence-corrected chi connectivity index (χ0v) is 17.0. The van der Waals surface area contributed by atoms with E-state index in [4.69, 9.17) is 0 Å². The number of rotatable bonds is 5. The zero-order valence-electron chi connectivity index (χ0n) is 15.4. The van der Waals surface area contributed by atoms with Crippen LogP contribution in [0.2, 0.25) is 0 Å². The summed E-state index contributed by atoms with van der Waals surface area (Å²) >= 11 is 3.51. The van der Waals surface area contributed by atoms with Gasteiger partial charge in [-0.2, -0.15) is 0 Å². The summed E-state index contributed by atoms with van der Waals surface area (Å²) in [5.41, 5.74) is 2.22. The molecule has 28 heavy (non-hydrogen) atoms. The molecule has 2 aromatic rings. The van der Waals surface area contributed by atoms with E-state index in [1.54, 1.807) is 24.3 Å². The molecule has 144 valence electrons. The van der Waals surface area contributed by atoms with Crippen LogP contribution in [0, 0.1) is 0 Å². The van der Waals surface area contributed by atoms with E-state index in [0.29, 0.717) is 5.56 Å². The van der Waals surface area contributed by atoms with E-state index in [9.17, 15) is 14.4 Å². The first-order chi connectivity index (χ1) is 13.5. The van der Waals surface area contributed by atoms with Crippen molar-refractivity contribution >= 4 is 33.7 Å². The van der Waals surface area contributed by atoms with Crippen molar-refractivity contribution in [1.82, 2.24) is 10.2 Å². The highest BCUT2D eigenvalue weighted by molar-refractivity contribution is 9.10. The summed E-state index contributed by atoms with van der Waals surface area (Å²) in [6.45, 7) is 0.265. The van der Waals surface area contributed by atoms with E-state index in [1.807, 2.05) is 12.1 Å². The number of nitrogens with one attached hydrogen (secondary N) is 1. The molecule has 0 spiro atoms. The SMILES string of the molecule is O=C(NC1(c2cccc(Br)c2)CCC1)c1ccc(CN2C(=O)CCC2=O)cc1. The Hall–Kier alpha value is -2.47. The van der Waals surface area contributed by atoms with Crippen molar-refractivity contribution in [1.29, 1.82) is 0 Å². The van der Waals surface area contributed by atoms with Crippen LogP contribution in [0.1, 0.15) is 53.6 Å². The molecular formula is C22H21BrN2O3. The van der Waals surface area contributed by atoms with Crippen molar-refractivity contribution in [2.24, 2.45) is 0 Å². The highest BCUT2D eigenvalue weighted by Crippen LogP contribution is 2.42. The zero-order chi connectivity index (χ0) is 19.7. The van der Waals surface area contributed by atoms with Crippen LogP contribution in [0.4, 0.5) is 0 Å². The first-order valence-electron chi connectivity index (χ1n) is 9.48. The lowest BCUT2D eigenvalue weighted by Crippen LogP contribution is -2.50. The predicted molar refractivity (Wildman–Crippen MR) is 108 cm³/mol. The van der Waals surface area contributed by atoms with Crippen LogP contribution in [-0.2, 0) is 21.7 Å². The van der Waals surface area contributed by atoms with E-state index in [-0.39, 0.29) is 42.6 Å². The molecule has 3 amide bonds. The number of likely N-dealkylation sites (tertiary alicyclic amines) is 1. The molecule has 5 nitrogen and oxygen atoms in total. The standard InChI is InChI=1S/C22H21BrN2O3/c23-18-4-1-3-17(13-18)22(11-2-12-22)24-21(28)16-7-5-15(6-8-16)14-25-19(26)9-10-20(25)27/h1,3-8,13H,2,9-12,14H2,(H,24,28). The number of nitrogens with zero attached hydrogens (tertiary/aromatic N) is 1. The molecule has 4 rings (SSSR count). The average Bonchev–Trinajstić information content (AvgIpc) is 2.97. The summed E-state index contributed by atoms with van der Waals surface area (Å²) in [5, 5.41) is 3.22. The van der Waals surface area contributed by atoms with Gasteiger partial charge in [0.15, 0.2) is 0 Å². The van der Waals surface area contributed by atoms with Crippen molar-refractivity contribution in [3.8, 4) is 0 Å². The van der Waals surface area contributed by atoms with E-state index in [2.05, 4.69) is 33.4 Å². The van der Waals surface area contributed by atoms with Gasteiger partial charge in [-0.3, -0.25) is 19.3 Å². The Balaban J connectivity index is 1.46. The third kappa shape index (κ3) is 3.61. The van der Waals surface area contributed by atoms with Crippen molar-refractivity contribution < 1.29 is 14.4 Å². The average molecular weight is 441 g/mol. The fourth-order valence-corrected chi connectivity index (χ4v) is 4.23. The number of hydrogen-bond acceptors (Lipinski definition) is 3. The number of amides is 3. The molecule has 0 bridgehead atoms. The van der Waals surface area contributed by atoms with Crippen LogP contribution < -0.4 is 5.32 Å². The summed E-state index contributed by atoms with van der Waals surface area (Å²) in [4.78, 5) is 37.6. The van der Waals surface area contributed by atoms with E-state index in [1.165, 1.54) is 4.90 Å². The fourth-order valence-electron chi connectivity index (χ4n) is 3.84. The van der Waals surface area contributed by atoms with Gasteiger partial charge in [0.1, 0.15) is 0 Å². The van der Waals surface area contributed by atoms with Crippen LogP contribution in [0.25, 0.3) is 0 Å². The molecular weight excluding hydrogens is 420 g/mol. The molecule has 2 aliphatic rings. The molecule has 0 radical (unpaired) electrons. The van der Waals surface area contributed by atoms with Crippen LogP contribution in [0.3, 0.4) is 0 Å². The van der Waals surface area contributed by atoms with Crippen molar-refractivity contribution in [2.45, 2.75) is 44.2 Å². The number of benzene rings is 2. The highest BCUT2D eigenvalue weighted by atomic mass is 79.9.